The number of likely N-dealkylation sites (N-methyl/N-ethyl adjacent to an activating group) is 1. The van der Waals surface area contributed by atoms with E-state index in [4.69, 9.17) is 9.94 Å². The molecule has 18 heavy (non-hydrogen) atoms. The minimum atomic E-state index is -0.124. The van der Waals surface area contributed by atoms with E-state index in [-0.39, 0.29) is 12.5 Å². The van der Waals surface area contributed by atoms with Crippen molar-refractivity contribution in [3.05, 3.63) is 29.3 Å². The number of nitrogens with zero attached hydrogens (tertiary/aromatic N) is 2. The van der Waals surface area contributed by atoms with E-state index >= 15 is 0 Å². The average molecular weight is 250 g/mol. The first kappa shape index (κ1) is 14.0. The van der Waals surface area contributed by atoms with Crippen LogP contribution in [0.3, 0.4) is 0 Å². The smallest absolute Gasteiger partial charge is 0.259 e. The van der Waals surface area contributed by atoms with Crippen LogP contribution in [0.4, 0.5) is 0 Å². The Morgan fingerprint density at radius 1 is 1.44 bits per heavy atom. The molecule has 5 nitrogen and oxygen atoms in total. The molecule has 0 unspecified atom stereocenters. The lowest BCUT2D eigenvalue weighted by molar-refractivity contribution is -0.130. The summed E-state index contributed by atoms with van der Waals surface area (Å²) >= 11 is 0. The van der Waals surface area contributed by atoms with Crippen molar-refractivity contribution < 1.29 is 14.7 Å². The van der Waals surface area contributed by atoms with E-state index in [1.54, 1.807) is 27.1 Å². The van der Waals surface area contributed by atoms with Gasteiger partial charge >= 0.3 is 0 Å². The average Bonchev–Trinajstić information content (AvgIpc) is 2.34. The maximum atomic E-state index is 11.5. The Morgan fingerprint density at radius 3 is 2.67 bits per heavy atom. The van der Waals surface area contributed by atoms with Gasteiger partial charge in [0.2, 0.25) is 0 Å². The lowest BCUT2D eigenvalue weighted by Gasteiger charge is -2.14. The van der Waals surface area contributed by atoms with Gasteiger partial charge in [-0.15, -0.1) is 0 Å². The fraction of sp³-hybridized carbons (Fsp3) is 0.385. The lowest BCUT2D eigenvalue weighted by Crippen LogP contribution is -2.27. The van der Waals surface area contributed by atoms with Crippen molar-refractivity contribution in [3.63, 3.8) is 0 Å². The van der Waals surface area contributed by atoms with Gasteiger partial charge in [0.05, 0.1) is 5.71 Å². The second kappa shape index (κ2) is 6.05. The summed E-state index contributed by atoms with van der Waals surface area (Å²) in [7, 11) is 3.34. The van der Waals surface area contributed by atoms with Crippen molar-refractivity contribution in [3.8, 4) is 5.75 Å². The molecule has 0 aliphatic carbocycles. The molecule has 98 valence electrons. The highest BCUT2D eigenvalue weighted by Gasteiger charge is 2.10. The second-order valence-electron chi connectivity index (χ2n) is 4.26. The standard InChI is InChI=1S/C13H18N2O3/c1-9-5-6-11(10(2)14-17)12(7-9)18-8-13(16)15(3)4/h5-7,17H,8H2,1-4H3/b14-10+. The summed E-state index contributed by atoms with van der Waals surface area (Å²) in [6, 6.07) is 5.51. The largest absolute Gasteiger partial charge is 0.483 e. The summed E-state index contributed by atoms with van der Waals surface area (Å²) in [4.78, 5) is 12.9. The number of rotatable bonds is 4. The van der Waals surface area contributed by atoms with E-state index in [2.05, 4.69) is 5.16 Å². The molecule has 0 heterocycles. The van der Waals surface area contributed by atoms with E-state index in [9.17, 15) is 4.79 Å². The zero-order chi connectivity index (χ0) is 13.7. The monoisotopic (exact) mass is 250 g/mol. The fourth-order valence-electron chi connectivity index (χ4n) is 1.37. The molecule has 5 heteroatoms. The molecular weight excluding hydrogens is 232 g/mol. The van der Waals surface area contributed by atoms with Crippen LogP contribution >= 0.6 is 0 Å². The molecule has 0 saturated carbocycles. The molecule has 0 aliphatic rings. The third-order valence-electron chi connectivity index (χ3n) is 2.53. The van der Waals surface area contributed by atoms with Crippen LogP contribution in [0.1, 0.15) is 18.1 Å². The highest BCUT2D eigenvalue weighted by Crippen LogP contribution is 2.21. The van der Waals surface area contributed by atoms with Crippen molar-refractivity contribution >= 4 is 11.6 Å². The summed E-state index contributed by atoms with van der Waals surface area (Å²) in [6.45, 7) is 3.56. The molecule has 0 aromatic heterocycles. The number of aryl methyl sites for hydroxylation is 1. The maximum Gasteiger partial charge on any atom is 0.259 e. The van der Waals surface area contributed by atoms with Gasteiger partial charge in [0.15, 0.2) is 6.61 Å². The van der Waals surface area contributed by atoms with E-state index in [0.717, 1.165) is 5.56 Å². The van der Waals surface area contributed by atoms with Gasteiger partial charge in [-0.3, -0.25) is 4.79 Å². The number of benzene rings is 1. The molecule has 1 N–H and O–H groups in total. The lowest BCUT2D eigenvalue weighted by atomic mass is 10.1. The zero-order valence-corrected chi connectivity index (χ0v) is 11.1. The highest BCUT2D eigenvalue weighted by molar-refractivity contribution is 6.00. The van der Waals surface area contributed by atoms with Crippen LogP contribution in [-0.2, 0) is 4.79 Å². The molecule has 0 aliphatic heterocycles. The van der Waals surface area contributed by atoms with Crippen molar-refractivity contribution in [1.29, 1.82) is 0 Å². The Bertz CT molecular complexity index is 467. The third kappa shape index (κ3) is 3.48. The van der Waals surface area contributed by atoms with Crippen LogP contribution in [-0.4, -0.2) is 42.4 Å². The Hall–Kier alpha value is -2.04. The quantitative estimate of drug-likeness (QED) is 0.502. The predicted octanol–water partition coefficient (Wildman–Crippen LogP) is 1.66. The second-order valence-corrected chi connectivity index (χ2v) is 4.26. The molecule has 0 spiro atoms. The fourth-order valence-corrected chi connectivity index (χ4v) is 1.37. The van der Waals surface area contributed by atoms with Crippen LogP contribution in [0.2, 0.25) is 0 Å². The number of amides is 1. The highest BCUT2D eigenvalue weighted by atomic mass is 16.5. The summed E-state index contributed by atoms with van der Waals surface area (Å²) in [5, 5.41) is 12.0. The van der Waals surface area contributed by atoms with Gasteiger partial charge in [-0.1, -0.05) is 11.2 Å². The SMILES string of the molecule is C/C(=N\O)c1ccc(C)cc1OCC(=O)N(C)C. The summed E-state index contributed by atoms with van der Waals surface area (Å²) in [6.07, 6.45) is 0. The molecule has 0 saturated heterocycles. The number of hydrogen-bond acceptors (Lipinski definition) is 4. The first-order valence-electron chi connectivity index (χ1n) is 5.58. The van der Waals surface area contributed by atoms with Gasteiger partial charge in [-0.25, -0.2) is 0 Å². The van der Waals surface area contributed by atoms with Crippen molar-refractivity contribution in [2.75, 3.05) is 20.7 Å². The summed E-state index contributed by atoms with van der Waals surface area (Å²) < 4.78 is 5.48. The van der Waals surface area contributed by atoms with Crippen LogP contribution < -0.4 is 4.74 Å². The normalized spacial score (nSPS) is 11.2. The number of carbonyl (C=O) groups excluding carboxylic acids is 1. The minimum Gasteiger partial charge on any atom is -0.483 e. The molecule has 1 aromatic carbocycles. The van der Waals surface area contributed by atoms with Crippen molar-refractivity contribution in [2.45, 2.75) is 13.8 Å². The first-order chi connectivity index (χ1) is 8.45. The zero-order valence-electron chi connectivity index (χ0n) is 11.1. The molecule has 1 amide bonds. The van der Waals surface area contributed by atoms with Gasteiger partial charge in [0, 0.05) is 19.7 Å². The van der Waals surface area contributed by atoms with E-state index < -0.39 is 0 Å². The van der Waals surface area contributed by atoms with E-state index in [1.807, 2.05) is 19.1 Å². The first-order valence-corrected chi connectivity index (χ1v) is 5.58. The number of oxime groups is 1. The molecular formula is C13H18N2O3. The van der Waals surface area contributed by atoms with Crippen molar-refractivity contribution in [1.82, 2.24) is 4.90 Å². The Morgan fingerprint density at radius 2 is 2.11 bits per heavy atom. The van der Waals surface area contributed by atoms with Crippen LogP contribution in [0.15, 0.2) is 23.4 Å². The summed E-state index contributed by atoms with van der Waals surface area (Å²) in [5.74, 6) is 0.418. The van der Waals surface area contributed by atoms with Gasteiger partial charge in [0.25, 0.3) is 5.91 Å². The number of ether oxygens (including phenoxy) is 1. The van der Waals surface area contributed by atoms with Gasteiger partial charge in [-0.2, -0.15) is 0 Å². The summed E-state index contributed by atoms with van der Waals surface area (Å²) in [5.41, 5.74) is 2.13. The number of hydrogen-bond donors (Lipinski definition) is 1. The van der Waals surface area contributed by atoms with E-state index in [0.29, 0.717) is 17.0 Å². The van der Waals surface area contributed by atoms with Gasteiger partial charge in [0.1, 0.15) is 5.75 Å². The minimum absolute atomic E-state index is 0.0395. The van der Waals surface area contributed by atoms with Gasteiger partial charge in [-0.05, 0) is 31.5 Å². The molecule has 0 fully saturated rings. The Kier molecular flexibility index (Phi) is 4.71. The molecule has 0 atom stereocenters. The molecule has 1 aromatic rings. The Labute approximate surface area is 107 Å². The van der Waals surface area contributed by atoms with E-state index in [1.165, 1.54) is 4.90 Å². The molecule has 0 radical (unpaired) electrons. The number of carbonyl (C=O) groups is 1. The molecule has 0 bridgehead atoms. The molecule has 1 rings (SSSR count). The predicted molar refractivity (Wildman–Crippen MR) is 69.4 cm³/mol. The van der Waals surface area contributed by atoms with Crippen molar-refractivity contribution in [2.24, 2.45) is 5.16 Å². The van der Waals surface area contributed by atoms with Crippen LogP contribution in [0.5, 0.6) is 5.75 Å². The Balaban J connectivity index is 2.93. The van der Waals surface area contributed by atoms with Gasteiger partial charge < -0.3 is 14.8 Å². The third-order valence-corrected chi connectivity index (χ3v) is 2.53. The topological polar surface area (TPSA) is 62.1 Å². The van der Waals surface area contributed by atoms with Crippen LogP contribution in [0.25, 0.3) is 0 Å². The van der Waals surface area contributed by atoms with Crippen LogP contribution in [0, 0.1) is 6.92 Å². The maximum absolute atomic E-state index is 11.5.